The van der Waals surface area contributed by atoms with Crippen LogP contribution in [-0.2, 0) is 6.42 Å². The van der Waals surface area contributed by atoms with Gasteiger partial charge in [-0.15, -0.1) is 0 Å². The molecular weight excluding hydrogens is 496 g/mol. The number of ether oxygens (including phenoxy) is 3. The van der Waals surface area contributed by atoms with Gasteiger partial charge < -0.3 is 29.5 Å². The molecular formula is C32H27O7+. The van der Waals surface area contributed by atoms with E-state index in [9.17, 15) is 15.3 Å². The van der Waals surface area contributed by atoms with Crippen LogP contribution in [0.4, 0.5) is 0 Å². The summed E-state index contributed by atoms with van der Waals surface area (Å²) in [6.07, 6.45) is 0.701. The molecule has 3 N–H and O–H groups in total. The predicted octanol–water partition coefficient (Wildman–Crippen LogP) is 6.90. The van der Waals surface area contributed by atoms with Crippen molar-refractivity contribution in [1.29, 1.82) is 0 Å². The van der Waals surface area contributed by atoms with Crippen molar-refractivity contribution in [2.45, 2.75) is 12.3 Å². The maximum Gasteiger partial charge on any atom is 0.365 e. The van der Waals surface area contributed by atoms with E-state index >= 15 is 0 Å². The lowest BCUT2D eigenvalue weighted by Gasteiger charge is -2.26. The van der Waals surface area contributed by atoms with Crippen molar-refractivity contribution < 1.29 is 33.9 Å². The summed E-state index contributed by atoms with van der Waals surface area (Å²) >= 11 is 0. The van der Waals surface area contributed by atoms with Gasteiger partial charge in [-0.25, -0.2) is 4.42 Å². The van der Waals surface area contributed by atoms with Crippen LogP contribution in [-0.4, -0.2) is 36.1 Å². The molecule has 0 spiro atoms. The first-order chi connectivity index (χ1) is 18.9. The number of rotatable bonds is 5. The molecule has 0 fully saturated rings. The van der Waals surface area contributed by atoms with Crippen molar-refractivity contribution >= 4 is 11.0 Å². The molecule has 0 saturated heterocycles. The zero-order valence-electron chi connectivity index (χ0n) is 21.5. The van der Waals surface area contributed by atoms with Gasteiger partial charge in [0.2, 0.25) is 0 Å². The average Bonchev–Trinajstić information content (AvgIpc) is 2.96. The standard InChI is InChI=1S/C32H26O7/c1-36-23-9-5-19-11-20(17-38-29(19)13-23)26-14-27-25(18-3-6-21(33)7-4-18)15-31(39-32(27)16-28(26)35)24-10-8-22(34)12-30(24)37-2/h3-10,12-16,20H,11,17H2,1-2H3,(H2-,33,34,35)/p+1. The van der Waals surface area contributed by atoms with Crippen LogP contribution in [0, 0.1) is 0 Å². The minimum absolute atomic E-state index is 0.0696. The molecule has 4 aromatic carbocycles. The van der Waals surface area contributed by atoms with E-state index in [0.29, 0.717) is 35.7 Å². The molecule has 0 radical (unpaired) electrons. The smallest absolute Gasteiger partial charge is 0.365 e. The molecule has 1 aromatic heterocycles. The third-order valence-corrected chi connectivity index (χ3v) is 7.16. The Morgan fingerprint density at radius 1 is 0.795 bits per heavy atom. The number of aromatic hydroxyl groups is 3. The highest BCUT2D eigenvalue weighted by Gasteiger charge is 2.29. The molecule has 0 bridgehead atoms. The van der Waals surface area contributed by atoms with Crippen LogP contribution >= 0.6 is 0 Å². The Hall–Kier alpha value is -4.91. The fraction of sp³-hybridized carbons (Fsp3) is 0.156. The first-order valence-corrected chi connectivity index (χ1v) is 12.5. The number of benzene rings is 4. The van der Waals surface area contributed by atoms with E-state index < -0.39 is 0 Å². The number of phenolic OH excluding ortho intramolecular Hbond substituents is 3. The summed E-state index contributed by atoms with van der Waals surface area (Å²) in [5.41, 5.74) is 4.65. The van der Waals surface area contributed by atoms with Gasteiger partial charge in [-0.3, -0.25) is 0 Å². The van der Waals surface area contributed by atoms with Gasteiger partial charge >= 0.3 is 11.3 Å². The Bertz CT molecular complexity index is 1690. The van der Waals surface area contributed by atoms with Crippen LogP contribution < -0.4 is 14.2 Å². The third-order valence-electron chi connectivity index (χ3n) is 7.16. The van der Waals surface area contributed by atoms with Gasteiger partial charge in [-0.1, -0.05) is 18.2 Å². The highest BCUT2D eigenvalue weighted by molar-refractivity contribution is 5.97. The molecule has 0 aliphatic carbocycles. The summed E-state index contributed by atoms with van der Waals surface area (Å²) < 4.78 is 23.2. The maximum absolute atomic E-state index is 11.2. The molecule has 39 heavy (non-hydrogen) atoms. The average molecular weight is 524 g/mol. The molecule has 1 atom stereocenters. The van der Waals surface area contributed by atoms with Gasteiger partial charge in [-0.05, 0) is 53.9 Å². The summed E-state index contributed by atoms with van der Waals surface area (Å²) in [5.74, 6) is 2.76. The van der Waals surface area contributed by atoms with Crippen LogP contribution in [0.2, 0.25) is 0 Å². The zero-order chi connectivity index (χ0) is 27.1. The van der Waals surface area contributed by atoms with Crippen molar-refractivity contribution in [1.82, 2.24) is 0 Å². The number of hydrogen-bond acceptors (Lipinski definition) is 6. The van der Waals surface area contributed by atoms with Crippen LogP contribution in [0.15, 0.2) is 83.3 Å². The van der Waals surface area contributed by atoms with Crippen LogP contribution in [0.5, 0.6) is 34.5 Å². The van der Waals surface area contributed by atoms with Crippen molar-refractivity contribution in [3.05, 3.63) is 90.0 Å². The minimum atomic E-state index is -0.0696. The van der Waals surface area contributed by atoms with Crippen molar-refractivity contribution in [2.75, 3.05) is 20.8 Å². The van der Waals surface area contributed by atoms with E-state index in [-0.39, 0.29) is 23.2 Å². The molecule has 6 rings (SSSR count). The molecule has 196 valence electrons. The first-order valence-electron chi connectivity index (χ1n) is 12.5. The van der Waals surface area contributed by atoms with Gasteiger partial charge in [0.15, 0.2) is 0 Å². The monoisotopic (exact) mass is 523 g/mol. The molecule has 1 unspecified atom stereocenters. The largest absolute Gasteiger partial charge is 0.508 e. The Labute approximate surface area is 225 Å². The topological polar surface area (TPSA) is 99.7 Å². The molecule has 1 aliphatic heterocycles. The molecule has 5 aromatic rings. The third kappa shape index (κ3) is 4.52. The van der Waals surface area contributed by atoms with Crippen molar-refractivity contribution in [3.63, 3.8) is 0 Å². The van der Waals surface area contributed by atoms with Gasteiger partial charge in [0.25, 0.3) is 0 Å². The van der Waals surface area contributed by atoms with E-state index in [1.807, 2.05) is 42.5 Å². The van der Waals surface area contributed by atoms with E-state index in [4.69, 9.17) is 18.6 Å². The fourth-order valence-electron chi connectivity index (χ4n) is 5.14. The number of hydrogen-bond donors (Lipinski definition) is 3. The van der Waals surface area contributed by atoms with E-state index in [2.05, 4.69) is 0 Å². The zero-order valence-corrected chi connectivity index (χ0v) is 21.5. The molecule has 0 saturated carbocycles. The molecule has 7 heteroatoms. The Morgan fingerprint density at radius 2 is 1.59 bits per heavy atom. The van der Waals surface area contributed by atoms with Gasteiger partial charge in [0, 0.05) is 29.2 Å². The molecule has 7 nitrogen and oxygen atoms in total. The van der Waals surface area contributed by atoms with Crippen LogP contribution in [0.3, 0.4) is 0 Å². The number of methoxy groups -OCH3 is 2. The minimum Gasteiger partial charge on any atom is -0.508 e. The lowest BCUT2D eigenvalue weighted by atomic mass is 9.88. The van der Waals surface area contributed by atoms with E-state index in [1.54, 1.807) is 37.4 Å². The van der Waals surface area contributed by atoms with Crippen LogP contribution in [0.25, 0.3) is 33.4 Å². The van der Waals surface area contributed by atoms with E-state index in [0.717, 1.165) is 39.1 Å². The van der Waals surface area contributed by atoms with Gasteiger partial charge in [0.1, 0.15) is 40.1 Å². The highest BCUT2D eigenvalue weighted by Crippen LogP contribution is 2.43. The Morgan fingerprint density at radius 3 is 2.36 bits per heavy atom. The number of fused-ring (bicyclic) bond motifs is 2. The summed E-state index contributed by atoms with van der Waals surface area (Å²) in [6.45, 7) is 0.410. The van der Waals surface area contributed by atoms with Crippen LogP contribution in [0.1, 0.15) is 17.0 Å². The van der Waals surface area contributed by atoms with Crippen molar-refractivity contribution in [3.8, 4) is 56.9 Å². The predicted molar refractivity (Wildman–Crippen MR) is 148 cm³/mol. The number of phenols is 3. The summed E-state index contributed by atoms with van der Waals surface area (Å²) in [5, 5.41) is 31.8. The van der Waals surface area contributed by atoms with Gasteiger partial charge in [-0.2, -0.15) is 0 Å². The summed E-state index contributed by atoms with van der Waals surface area (Å²) in [6, 6.07) is 23.0. The van der Waals surface area contributed by atoms with Crippen molar-refractivity contribution in [2.24, 2.45) is 0 Å². The molecule has 2 heterocycles. The van der Waals surface area contributed by atoms with Gasteiger partial charge in [0.05, 0.1) is 38.3 Å². The Kier molecular flexibility index (Phi) is 6.11. The lowest BCUT2D eigenvalue weighted by Crippen LogP contribution is -2.19. The van der Waals surface area contributed by atoms with E-state index in [1.165, 1.54) is 13.2 Å². The fourth-order valence-corrected chi connectivity index (χ4v) is 5.14. The second-order valence-electron chi connectivity index (χ2n) is 9.55. The normalized spacial score (nSPS) is 14.5. The molecule has 1 aliphatic rings. The Balaban J connectivity index is 1.50. The maximum atomic E-state index is 11.2. The summed E-state index contributed by atoms with van der Waals surface area (Å²) in [7, 11) is 3.15. The highest BCUT2D eigenvalue weighted by atomic mass is 16.5. The lowest BCUT2D eigenvalue weighted by molar-refractivity contribution is 0.258. The SMILES string of the molecule is COc1ccc2c(c1)OCC(c1cc3c(-c4ccc(O)cc4)cc(-c4ccc(O)cc4OC)[o+]c3cc1O)C2. The quantitative estimate of drug-likeness (QED) is 0.216. The molecule has 0 amide bonds. The second kappa shape index (κ2) is 9.76. The summed E-state index contributed by atoms with van der Waals surface area (Å²) in [4.78, 5) is 0. The first kappa shape index (κ1) is 24.4. The second-order valence-corrected chi connectivity index (χ2v) is 9.55.